The number of allylic oxidation sites excluding steroid dienone is 1. The molecule has 2 aromatic carbocycles. The number of fused-ring (bicyclic) bond motifs is 1. The molecule has 5 rings (SSSR count). The van der Waals surface area contributed by atoms with E-state index in [2.05, 4.69) is 11.9 Å². The van der Waals surface area contributed by atoms with Gasteiger partial charge in [-0.25, -0.2) is 0 Å². The van der Waals surface area contributed by atoms with Gasteiger partial charge < -0.3 is 24.6 Å². The zero-order valence-electron chi connectivity index (χ0n) is 22.6. The molecular weight excluding hydrogens is 434 g/mol. The molecule has 2 saturated heterocycles. The number of amides is 3. The van der Waals surface area contributed by atoms with E-state index in [1.165, 1.54) is 17.0 Å². The summed E-state index contributed by atoms with van der Waals surface area (Å²) in [6, 6.07) is 6.90. The van der Waals surface area contributed by atoms with E-state index >= 15 is 0 Å². The van der Waals surface area contributed by atoms with Crippen LogP contribution >= 0.6 is 0 Å². The second-order valence-corrected chi connectivity index (χ2v) is 8.38. The lowest BCUT2D eigenvalue weighted by Gasteiger charge is -2.31. The van der Waals surface area contributed by atoms with Gasteiger partial charge in [0.05, 0.1) is 18.6 Å². The summed E-state index contributed by atoms with van der Waals surface area (Å²) in [6.07, 6.45) is 1.08. The summed E-state index contributed by atoms with van der Waals surface area (Å²) in [4.78, 5) is 40.3. The molecule has 1 N–H and O–H groups in total. The number of nitrogens with zero attached hydrogens (tertiary/aromatic N) is 2. The van der Waals surface area contributed by atoms with Gasteiger partial charge in [0.1, 0.15) is 25.0 Å². The van der Waals surface area contributed by atoms with Crippen molar-refractivity contribution in [1.29, 1.82) is 0 Å². The van der Waals surface area contributed by atoms with Crippen LogP contribution in [0.1, 0.15) is 45.4 Å². The average molecular weight is 466 g/mol. The Kier molecular flexibility index (Phi) is 4.86. The molecule has 0 aliphatic carbocycles. The van der Waals surface area contributed by atoms with E-state index in [-0.39, 0.29) is 62.4 Å². The van der Waals surface area contributed by atoms with Gasteiger partial charge in [-0.15, -0.1) is 0 Å². The first-order valence-corrected chi connectivity index (χ1v) is 11.1. The van der Waals surface area contributed by atoms with Crippen molar-refractivity contribution in [1.82, 2.24) is 15.1 Å². The van der Waals surface area contributed by atoms with Crippen molar-refractivity contribution in [3.63, 3.8) is 0 Å². The molecule has 1 atom stereocenters. The summed E-state index contributed by atoms with van der Waals surface area (Å²) >= 11 is 0. The molecule has 0 aromatic heterocycles. The number of benzene rings is 2. The van der Waals surface area contributed by atoms with Crippen molar-refractivity contribution in [2.24, 2.45) is 0 Å². The van der Waals surface area contributed by atoms with Crippen LogP contribution in [0.15, 0.2) is 54.7 Å². The minimum atomic E-state index is -2.27. The number of hydrogen-bond donors (Lipinski definition) is 1. The second-order valence-electron chi connectivity index (χ2n) is 8.38. The lowest BCUT2D eigenvalue weighted by Crippen LogP contribution is -2.49. The van der Waals surface area contributed by atoms with Crippen molar-refractivity contribution in [3.05, 3.63) is 76.9 Å². The van der Waals surface area contributed by atoms with E-state index in [1.807, 2.05) is 0 Å². The molecule has 2 aromatic rings. The van der Waals surface area contributed by atoms with Crippen molar-refractivity contribution in [2.45, 2.75) is 38.5 Å². The van der Waals surface area contributed by atoms with Crippen molar-refractivity contribution in [2.75, 3.05) is 19.8 Å². The highest BCUT2D eigenvalue weighted by atomic mass is 16.5. The third-order valence-electron chi connectivity index (χ3n) is 6.08. The molecule has 2 fully saturated rings. The van der Waals surface area contributed by atoms with Gasteiger partial charge in [-0.05, 0) is 36.1 Å². The summed E-state index contributed by atoms with van der Waals surface area (Å²) in [5.41, 5.74) is 2.00. The lowest BCUT2D eigenvalue weighted by atomic mass is 10.0. The van der Waals surface area contributed by atoms with Gasteiger partial charge in [0.15, 0.2) is 0 Å². The lowest BCUT2D eigenvalue weighted by molar-refractivity contribution is -0.143. The zero-order valence-corrected chi connectivity index (χ0v) is 18.6. The predicted molar refractivity (Wildman–Crippen MR) is 124 cm³/mol. The molecule has 0 bridgehead atoms. The van der Waals surface area contributed by atoms with E-state index in [1.54, 1.807) is 18.2 Å². The number of nitrogens with one attached hydrogen (secondary N) is 1. The average Bonchev–Trinajstić information content (AvgIpc) is 3.21. The summed E-state index contributed by atoms with van der Waals surface area (Å²) in [7, 11) is 0. The highest BCUT2D eigenvalue weighted by molar-refractivity contribution is 6.02. The Morgan fingerprint density at radius 2 is 2.03 bits per heavy atom. The zero-order chi connectivity index (χ0) is 27.2. The Labute approximate surface area is 203 Å². The normalized spacial score (nSPS) is 22.5. The molecular formula is C26H27N3O5. The molecule has 1 unspecified atom stereocenters. The van der Waals surface area contributed by atoms with E-state index in [9.17, 15) is 14.4 Å². The first-order chi connectivity index (χ1) is 18.1. The van der Waals surface area contributed by atoms with E-state index in [0.29, 0.717) is 41.0 Å². The summed E-state index contributed by atoms with van der Waals surface area (Å²) in [6.45, 7) is 1.66. The number of piperidine rings is 1. The second kappa shape index (κ2) is 9.30. The van der Waals surface area contributed by atoms with Gasteiger partial charge in [-0.2, -0.15) is 0 Å². The van der Waals surface area contributed by atoms with Crippen LogP contribution in [0.5, 0.6) is 5.75 Å². The van der Waals surface area contributed by atoms with Crippen LogP contribution in [0, 0.1) is 0 Å². The Balaban J connectivity index is 1.34. The molecule has 3 aliphatic rings. The third kappa shape index (κ3) is 4.41. The number of carbonyl (C=O) groups excluding carboxylic acids is 3. The number of ether oxygens (including phenoxy) is 2. The fraction of sp³-hybridized carbons (Fsp3) is 0.346. The van der Waals surface area contributed by atoms with Crippen LogP contribution in [0.4, 0.5) is 0 Å². The van der Waals surface area contributed by atoms with E-state index in [0.717, 1.165) is 4.90 Å². The maximum Gasteiger partial charge on any atom is 0.255 e. The fourth-order valence-electron chi connectivity index (χ4n) is 4.27. The van der Waals surface area contributed by atoms with Gasteiger partial charge in [0.25, 0.3) is 5.91 Å². The van der Waals surface area contributed by atoms with Crippen molar-refractivity contribution >= 4 is 17.7 Å². The quantitative estimate of drug-likeness (QED) is 0.708. The molecule has 0 radical (unpaired) electrons. The van der Waals surface area contributed by atoms with Gasteiger partial charge in [-0.3, -0.25) is 14.4 Å². The standard InChI is InChI=1S/C26H27N3O5/c1-17-5-10-22(25(31)27-17)29-14-21-20(26(29)32)3-2-4-23(21)34-15-19-8-6-18(7-9-19)13-28-11-12-33-16-24(28)30/h2-4,6-9,22H,1,5,10-16H2,(H,27,31)/i6D,9D,13D2. The molecule has 3 aliphatic heterocycles. The number of morpholine rings is 1. The first kappa shape index (κ1) is 17.8. The Bertz CT molecular complexity index is 1350. The van der Waals surface area contributed by atoms with Crippen LogP contribution in [-0.2, 0) is 34.0 Å². The summed E-state index contributed by atoms with van der Waals surface area (Å²) < 4.78 is 44.9. The number of hydrogen-bond acceptors (Lipinski definition) is 5. The van der Waals surface area contributed by atoms with Crippen molar-refractivity contribution in [3.8, 4) is 5.75 Å². The molecule has 34 heavy (non-hydrogen) atoms. The Morgan fingerprint density at radius 3 is 2.85 bits per heavy atom. The number of rotatable bonds is 6. The van der Waals surface area contributed by atoms with Gasteiger partial charge in [0, 0.05) is 29.9 Å². The predicted octanol–water partition coefficient (Wildman–Crippen LogP) is 2.37. The first-order valence-electron chi connectivity index (χ1n) is 13.1. The molecule has 176 valence electrons. The molecule has 3 amide bonds. The molecule has 0 saturated carbocycles. The van der Waals surface area contributed by atoms with E-state index in [4.69, 9.17) is 15.0 Å². The maximum absolute atomic E-state index is 13.1. The molecule has 0 spiro atoms. The minimum Gasteiger partial charge on any atom is -0.489 e. The third-order valence-corrected chi connectivity index (χ3v) is 6.08. The van der Waals surface area contributed by atoms with Crippen molar-refractivity contribution < 1.29 is 29.3 Å². The van der Waals surface area contributed by atoms with Crippen LogP contribution in [0.2, 0.25) is 0 Å². The fourth-order valence-corrected chi connectivity index (χ4v) is 4.27. The van der Waals surface area contributed by atoms with Crippen LogP contribution in [-0.4, -0.2) is 53.3 Å². The highest BCUT2D eigenvalue weighted by Gasteiger charge is 2.39. The topological polar surface area (TPSA) is 88.2 Å². The highest BCUT2D eigenvalue weighted by Crippen LogP contribution is 2.34. The minimum absolute atomic E-state index is 0.0371. The smallest absolute Gasteiger partial charge is 0.255 e. The van der Waals surface area contributed by atoms with Crippen LogP contribution in [0.3, 0.4) is 0 Å². The molecule has 8 heteroatoms. The summed E-state index contributed by atoms with van der Waals surface area (Å²) in [5, 5.41) is 2.71. The monoisotopic (exact) mass is 465 g/mol. The SMILES string of the molecule is [2H]c1cc(C([2H])([2H])N2CCOCC2=O)c([2H])cc1COc1cccc2c1CN(C1CCC(=C)NC1=O)C2=O. The summed E-state index contributed by atoms with van der Waals surface area (Å²) in [5.74, 6) is -0.595. The number of carbonyl (C=O) groups is 3. The van der Waals surface area contributed by atoms with Gasteiger partial charge >= 0.3 is 0 Å². The van der Waals surface area contributed by atoms with Gasteiger partial charge in [0.2, 0.25) is 11.8 Å². The van der Waals surface area contributed by atoms with Gasteiger partial charge in [-0.1, -0.05) is 36.9 Å². The Morgan fingerprint density at radius 1 is 1.21 bits per heavy atom. The van der Waals surface area contributed by atoms with E-state index < -0.39 is 18.4 Å². The largest absolute Gasteiger partial charge is 0.489 e. The molecule has 8 nitrogen and oxygen atoms in total. The van der Waals surface area contributed by atoms with Crippen LogP contribution < -0.4 is 10.1 Å². The maximum atomic E-state index is 13.1. The molecule has 3 heterocycles. The Hall–Kier alpha value is -3.65. The van der Waals surface area contributed by atoms with Crippen LogP contribution in [0.25, 0.3) is 0 Å².